The number of nitrogens with one attached hydrogen (secondary N) is 1. The fourth-order valence-corrected chi connectivity index (χ4v) is 2.85. The number of aryl methyl sites for hydroxylation is 2. The standard InChI is InChI=1S/C16H25NO/c1-11-9-12(2)13(3)16(10-11)18-15-8-6-5-7-14(15)17-4/h9-10,14-15,17H,5-8H2,1-4H3. The van der Waals surface area contributed by atoms with Crippen molar-refractivity contribution >= 4 is 0 Å². The van der Waals surface area contributed by atoms with E-state index in [-0.39, 0.29) is 0 Å². The number of benzene rings is 1. The van der Waals surface area contributed by atoms with E-state index in [2.05, 4.69) is 38.2 Å². The zero-order valence-electron chi connectivity index (χ0n) is 12.0. The molecule has 0 aliphatic heterocycles. The fourth-order valence-electron chi connectivity index (χ4n) is 2.85. The molecule has 2 heteroatoms. The summed E-state index contributed by atoms with van der Waals surface area (Å²) in [6.45, 7) is 6.45. The van der Waals surface area contributed by atoms with Gasteiger partial charge in [0.2, 0.25) is 0 Å². The molecule has 2 unspecified atom stereocenters. The van der Waals surface area contributed by atoms with Gasteiger partial charge in [-0.25, -0.2) is 0 Å². The first-order valence-electron chi connectivity index (χ1n) is 7.03. The lowest BCUT2D eigenvalue weighted by Crippen LogP contribution is -2.43. The Hall–Kier alpha value is -1.02. The summed E-state index contributed by atoms with van der Waals surface area (Å²) >= 11 is 0. The zero-order valence-corrected chi connectivity index (χ0v) is 12.0. The van der Waals surface area contributed by atoms with E-state index in [9.17, 15) is 0 Å². The second kappa shape index (κ2) is 5.75. The molecular formula is C16H25NO. The summed E-state index contributed by atoms with van der Waals surface area (Å²) < 4.78 is 6.29. The van der Waals surface area contributed by atoms with Crippen LogP contribution in [0.4, 0.5) is 0 Å². The van der Waals surface area contributed by atoms with Crippen LogP contribution in [0.15, 0.2) is 12.1 Å². The van der Waals surface area contributed by atoms with Gasteiger partial charge in [-0.2, -0.15) is 0 Å². The van der Waals surface area contributed by atoms with E-state index in [0.29, 0.717) is 12.1 Å². The van der Waals surface area contributed by atoms with Crippen LogP contribution >= 0.6 is 0 Å². The van der Waals surface area contributed by atoms with Crippen LogP contribution in [-0.4, -0.2) is 19.2 Å². The van der Waals surface area contributed by atoms with Crippen LogP contribution in [0.3, 0.4) is 0 Å². The summed E-state index contributed by atoms with van der Waals surface area (Å²) in [6, 6.07) is 4.89. The Labute approximate surface area is 111 Å². The van der Waals surface area contributed by atoms with Gasteiger partial charge < -0.3 is 10.1 Å². The van der Waals surface area contributed by atoms with E-state index in [4.69, 9.17) is 4.74 Å². The van der Waals surface area contributed by atoms with Crippen LogP contribution in [-0.2, 0) is 0 Å². The first kappa shape index (κ1) is 13.4. The molecule has 2 rings (SSSR count). The third-order valence-corrected chi connectivity index (χ3v) is 4.12. The van der Waals surface area contributed by atoms with Crippen molar-refractivity contribution in [1.29, 1.82) is 0 Å². The molecule has 1 aliphatic rings. The lowest BCUT2D eigenvalue weighted by molar-refractivity contribution is 0.117. The van der Waals surface area contributed by atoms with Crippen molar-refractivity contribution in [2.24, 2.45) is 0 Å². The van der Waals surface area contributed by atoms with Crippen molar-refractivity contribution in [2.75, 3.05) is 7.05 Å². The predicted octanol–water partition coefficient (Wildman–Crippen LogP) is 3.52. The average Bonchev–Trinajstić information content (AvgIpc) is 2.36. The van der Waals surface area contributed by atoms with Gasteiger partial charge in [0, 0.05) is 6.04 Å². The van der Waals surface area contributed by atoms with Gasteiger partial charge in [0.1, 0.15) is 11.9 Å². The van der Waals surface area contributed by atoms with Crippen molar-refractivity contribution in [2.45, 2.75) is 58.6 Å². The molecule has 1 N–H and O–H groups in total. The molecule has 2 atom stereocenters. The predicted molar refractivity (Wildman–Crippen MR) is 76.4 cm³/mol. The van der Waals surface area contributed by atoms with E-state index in [1.807, 2.05) is 7.05 Å². The van der Waals surface area contributed by atoms with Gasteiger partial charge in [-0.15, -0.1) is 0 Å². The Morgan fingerprint density at radius 2 is 1.83 bits per heavy atom. The minimum Gasteiger partial charge on any atom is -0.489 e. The highest BCUT2D eigenvalue weighted by molar-refractivity contribution is 5.42. The van der Waals surface area contributed by atoms with E-state index in [0.717, 1.165) is 12.2 Å². The molecule has 0 radical (unpaired) electrons. The lowest BCUT2D eigenvalue weighted by atomic mass is 9.92. The highest BCUT2D eigenvalue weighted by Gasteiger charge is 2.25. The lowest BCUT2D eigenvalue weighted by Gasteiger charge is -2.32. The highest BCUT2D eigenvalue weighted by Crippen LogP contribution is 2.28. The summed E-state index contributed by atoms with van der Waals surface area (Å²) in [5, 5.41) is 3.40. The van der Waals surface area contributed by atoms with Crippen molar-refractivity contribution in [3.05, 3.63) is 28.8 Å². The number of likely N-dealkylation sites (N-methyl/N-ethyl adjacent to an activating group) is 1. The summed E-state index contributed by atoms with van der Waals surface area (Å²) in [5.41, 5.74) is 3.88. The van der Waals surface area contributed by atoms with E-state index >= 15 is 0 Å². The topological polar surface area (TPSA) is 21.3 Å². The molecule has 1 aromatic rings. The van der Waals surface area contributed by atoms with Gasteiger partial charge in [0.05, 0.1) is 0 Å². The van der Waals surface area contributed by atoms with Gasteiger partial charge >= 0.3 is 0 Å². The van der Waals surface area contributed by atoms with Gasteiger partial charge in [-0.05, 0) is 69.8 Å². The number of ether oxygens (including phenoxy) is 1. The van der Waals surface area contributed by atoms with Crippen LogP contribution in [0.1, 0.15) is 42.4 Å². The first-order chi connectivity index (χ1) is 8.61. The molecule has 18 heavy (non-hydrogen) atoms. The van der Waals surface area contributed by atoms with E-state index < -0.39 is 0 Å². The first-order valence-corrected chi connectivity index (χ1v) is 7.03. The Balaban J connectivity index is 2.17. The van der Waals surface area contributed by atoms with Crippen LogP contribution in [0, 0.1) is 20.8 Å². The van der Waals surface area contributed by atoms with Crippen molar-refractivity contribution < 1.29 is 4.74 Å². The molecule has 0 amide bonds. The number of hydrogen-bond acceptors (Lipinski definition) is 2. The molecular weight excluding hydrogens is 222 g/mol. The Kier molecular flexibility index (Phi) is 4.28. The van der Waals surface area contributed by atoms with Crippen LogP contribution < -0.4 is 10.1 Å². The van der Waals surface area contributed by atoms with Crippen molar-refractivity contribution in [1.82, 2.24) is 5.32 Å². The van der Waals surface area contributed by atoms with Gasteiger partial charge in [0.15, 0.2) is 0 Å². The molecule has 2 nitrogen and oxygen atoms in total. The number of hydrogen-bond donors (Lipinski definition) is 1. The Bertz CT molecular complexity index is 414. The third-order valence-electron chi connectivity index (χ3n) is 4.12. The molecule has 0 spiro atoms. The zero-order chi connectivity index (χ0) is 13.1. The highest BCUT2D eigenvalue weighted by atomic mass is 16.5. The third kappa shape index (κ3) is 2.86. The molecule has 100 valence electrons. The average molecular weight is 247 g/mol. The molecule has 0 aromatic heterocycles. The van der Waals surface area contributed by atoms with E-state index in [1.165, 1.54) is 36.0 Å². The van der Waals surface area contributed by atoms with Crippen LogP contribution in [0.5, 0.6) is 5.75 Å². The van der Waals surface area contributed by atoms with Crippen LogP contribution in [0.25, 0.3) is 0 Å². The van der Waals surface area contributed by atoms with Crippen molar-refractivity contribution in [3.63, 3.8) is 0 Å². The summed E-state index contributed by atoms with van der Waals surface area (Å²) in [7, 11) is 2.04. The SMILES string of the molecule is CNC1CCCCC1Oc1cc(C)cc(C)c1C. The summed E-state index contributed by atoms with van der Waals surface area (Å²) in [5.74, 6) is 1.07. The molecule has 0 saturated heterocycles. The van der Waals surface area contributed by atoms with Gasteiger partial charge in [0.25, 0.3) is 0 Å². The second-order valence-corrected chi connectivity index (χ2v) is 5.54. The Morgan fingerprint density at radius 3 is 2.56 bits per heavy atom. The quantitative estimate of drug-likeness (QED) is 0.882. The normalized spacial score (nSPS) is 24.0. The molecule has 1 fully saturated rings. The Morgan fingerprint density at radius 1 is 1.11 bits per heavy atom. The van der Waals surface area contributed by atoms with Gasteiger partial charge in [-0.1, -0.05) is 12.5 Å². The van der Waals surface area contributed by atoms with Gasteiger partial charge in [-0.3, -0.25) is 0 Å². The smallest absolute Gasteiger partial charge is 0.123 e. The fraction of sp³-hybridized carbons (Fsp3) is 0.625. The largest absolute Gasteiger partial charge is 0.489 e. The monoisotopic (exact) mass is 247 g/mol. The molecule has 1 saturated carbocycles. The van der Waals surface area contributed by atoms with Crippen molar-refractivity contribution in [3.8, 4) is 5.75 Å². The van der Waals surface area contributed by atoms with Crippen LogP contribution in [0.2, 0.25) is 0 Å². The molecule has 1 aliphatic carbocycles. The summed E-state index contributed by atoms with van der Waals surface area (Å²) in [4.78, 5) is 0. The molecule has 0 bridgehead atoms. The minimum atomic E-state index is 0.323. The maximum atomic E-state index is 6.29. The molecule has 1 aromatic carbocycles. The van der Waals surface area contributed by atoms with E-state index in [1.54, 1.807) is 0 Å². The second-order valence-electron chi connectivity index (χ2n) is 5.54. The minimum absolute atomic E-state index is 0.323. The molecule has 0 heterocycles. The number of rotatable bonds is 3. The summed E-state index contributed by atoms with van der Waals surface area (Å²) in [6.07, 6.45) is 5.32. The maximum absolute atomic E-state index is 6.29. The maximum Gasteiger partial charge on any atom is 0.123 e.